The van der Waals surface area contributed by atoms with Crippen molar-refractivity contribution in [3.63, 3.8) is 0 Å². The number of tetrazole rings is 1. The summed E-state index contributed by atoms with van der Waals surface area (Å²) < 4.78 is 1.87. The second kappa shape index (κ2) is 6.00. The third-order valence-corrected chi connectivity index (χ3v) is 4.02. The van der Waals surface area contributed by atoms with Gasteiger partial charge >= 0.3 is 0 Å². The predicted molar refractivity (Wildman–Crippen MR) is 66.9 cm³/mol. The molecule has 0 amide bonds. The van der Waals surface area contributed by atoms with Gasteiger partial charge in [-0.05, 0) is 28.3 Å². The van der Waals surface area contributed by atoms with Gasteiger partial charge in [0, 0.05) is 10.6 Å². The van der Waals surface area contributed by atoms with Crippen LogP contribution in [0.3, 0.4) is 0 Å². The molecule has 0 radical (unpaired) electrons. The van der Waals surface area contributed by atoms with E-state index in [1.54, 1.807) is 23.1 Å². The highest BCUT2D eigenvalue weighted by Crippen LogP contribution is 2.18. The summed E-state index contributed by atoms with van der Waals surface area (Å²) in [5, 5.41) is 14.8. The zero-order valence-corrected chi connectivity index (χ0v) is 10.8. The lowest BCUT2D eigenvalue weighted by atomic mass is 10.4. The van der Waals surface area contributed by atoms with E-state index in [1.165, 1.54) is 17.7 Å². The zero-order valence-electron chi connectivity index (χ0n) is 9.17. The zero-order chi connectivity index (χ0) is 11.2. The van der Waals surface area contributed by atoms with E-state index >= 15 is 0 Å². The summed E-state index contributed by atoms with van der Waals surface area (Å²) in [4.78, 5) is 1.28. The van der Waals surface area contributed by atoms with Crippen LogP contribution in [0.1, 0.15) is 24.6 Å². The Hall–Kier alpha value is -0.880. The minimum Gasteiger partial charge on any atom is -0.215 e. The Labute approximate surface area is 103 Å². The van der Waals surface area contributed by atoms with Gasteiger partial charge in [0.2, 0.25) is 5.16 Å². The van der Waals surface area contributed by atoms with Crippen LogP contribution in [0, 0.1) is 0 Å². The largest absolute Gasteiger partial charge is 0.215 e. The third kappa shape index (κ3) is 3.05. The fourth-order valence-corrected chi connectivity index (χ4v) is 2.90. The van der Waals surface area contributed by atoms with Crippen molar-refractivity contribution in [1.29, 1.82) is 0 Å². The van der Waals surface area contributed by atoms with Gasteiger partial charge in [-0.25, -0.2) is 4.68 Å². The quantitative estimate of drug-likeness (QED) is 0.587. The summed E-state index contributed by atoms with van der Waals surface area (Å²) in [7, 11) is 0. The molecule has 0 aliphatic heterocycles. The number of hydrogen-bond donors (Lipinski definition) is 0. The second-order valence-electron chi connectivity index (χ2n) is 3.40. The van der Waals surface area contributed by atoms with Crippen molar-refractivity contribution in [2.45, 2.75) is 31.5 Å². The second-order valence-corrected chi connectivity index (χ2v) is 5.49. The van der Waals surface area contributed by atoms with Gasteiger partial charge in [0.1, 0.15) is 0 Å². The van der Waals surface area contributed by atoms with Gasteiger partial charge in [-0.3, -0.25) is 0 Å². The highest BCUT2D eigenvalue weighted by Gasteiger charge is 2.07. The molecule has 4 nitrogen and oxygen atoms in total. The van der Waals surface area contributed by atoms with Crippen molar-refractivity contribution in [3.05, 3.63) is 22.4 Å². The number of hydrogen-bond acceptors (Lipinski definition) is 5. The van der Waals surface area contributed by atoms with Gasteiger partial charge in [-0.15, -0.1) is 16.4 Å². The van der Waals surface area contributed by atoms with Gasteiger partial charge in [-0.1, -0.05) is 31.2 Å². The summed E-state index contributed by atoms with van der Waals surface area (Å²) >= 11 is 3.46. The SMILES string of the molecule is CCCCSc1nnnn1Cc1cccs1. The Balaban J connectivity index is 1.96. The lowest BCUT2D eigenvalue weighted by Crippen LogP contribution is -2.02. The van der Waals surface area contributed by atoms with E-state index in [1.807, 2.05) is 10.7 Å². The molecule has 0 N–H and O–H groups in total. The Morgan fingerprint density at radius 3 is 3.19 bits per heavy atom. The molecule has 0 saturated carbocycles. The third-order valence-electron chi connectivity index (χ3n) is 2.11. The number of aromatic nitrogens is 4. The van der Waals surface area contributed by atoms with Crippen molar-refractivity contribution >= 4 is 23.1 Å². The van der Waals surface area contributed by atoms with E-state index < -0.39 is 0 Å². The minimum absolute atomic E-state index is 0.777. The Morgan fingerprint density at radius 1 is 1.50 bits per heavy atom. The van der Waals surface area contributed by atoms with E-state index in [0.717, 1.165) is 17.5 Å². The molecule has 0 bridgehead atoms. The molecule has 0 spiro atoms. The van der Waals surface area contributed by atoms with Crippen molar-refractivity contribution in [2.75, 3.05) is 5.75 Å². The van der Waals surface area contributed by atoms with Crippen LogP contribution in [-0.4, -0.2) is 26.0 Å². The highest BCUT2D eigenvalue weighted by molar-refractivity contribution is 7.99. The Morgan fingerprint density at radius 2 is 2.44 bits per heavy atom. The summed E-state index contributed by atoms with van der Waals surface area (Å²) in [6, 6.07) is 4.15. The molecule has 0 aromatic carbocycles. The van der Waals surface area contributed by atoms with Gasteiger partial charge in [0.15, 0.2) is 0 Å². The molecule has 0 atom stereocenters. The van der Waals surface area contributed by atoms with Crippen LogP contribution in [-0.2, 0) is 6.54 Å². The normalized spacial score (nSPS) is 10.8. The first kappa shape index (κ1) is 11.6. The van der Waals surface area contributed by atoms with E-state index in [-0.39, 0.29) is 0 Å². The Bertz CT molecular complexity index is 410. The standard InChI is InChI=1S/C10H14N4S2/c1-2-3-6-16-10-11-12-13-14(10)8-9-5-4-7-15-9/h4-5,7H,2-3,6,8H2,1H3. The molecule has 0 aliphatic rings. The fraction of sp³-hybridized carbons (Fsp3) is 0.500. The average Bonchev–Trinajstić information content (AvgIpc) is 2.92. The van der Waals surface area contributed by atoms with Crippen molar-refractivity contribution in [2.24, 2.45) is 0 Å². The number of nitrogens with zero attached hydrogens (tertiary/aromatic N) is 4. The van der Waals surface area contributed by atoms with Gasteiger partial charge < -0.3 is 0 Å². The molecule has 0 fully saturated rings. The maximum atomic E-state index is 4.04. The molecule has 6 heteroatoms. The molecule has 0 saturated heterocycles. The van der Waals surface area contributed by atoms with Crippen LogP contribution in [0.25, 0.3) is 0 Å². The molecule has 86 valence electrons. The monoisotopic (exact) mass is 254 g/mol. The van der Waals surface area contributed by atoms with E-state index in [4.69, 9.17) is 0 Å². The number of thiophene rings is 1. The van der Waals surface area contributed by atoms with Crippen LogP contribution >= 0.6 is 23.1 Å². The number of rotatable bonds is 6. The summed E-state index contributed by atoms with van der Waals surface area (Å²) in [5.41, 5.74) is 0. The van der Waals surface area contributed by atoms with Gasteiger partial charge in [0.05, 0.1) is 6.54 Å². The smallest absolute Gasteiger partial charge is 0.209 e. The van der Waals surface area contributed by atoms with Crippen LogP contribution in [0.5, 0.6) is 0 Å². The first-order valence-electron chi connectivity index (χ1n) is 5.31. The van der Waals surface area contributed by atoms with E-state index in [0.29, 0.717) is 0 Å². The predicted octanol–water partition coefficient (Wildman–Crippen LogP) is 2.68. The van der Waals surface area contributed by atoms with E-state index in [9.17, 15) is 0 Å². The lowest BCUT2D eigenvalue weighted by Gasteiger charge is -2.01. The molecule has 0 aliphatic carbocycles. The Kier molecular flexibility index (Phi) is 4.35. The summed E-state index contributed by atoms with van der Waals surface area (Å²) in [6.07, 6.45) is 2.41. The van der Waals surface area contributed by atoms with Gasteiger partial charge in [-0.2, -0.15) is 0 Å². The van der Waals surface area contributed by atoms with Crippen LogP contribution < -0.4 is 0 Å². The van der Waals surface area contributed by atoms with Crippen LogP contribution in [0.2, 0.25) is 0 Å². The average molecular weight is 254 g/mol. The molecule has 0 unspecified atom stereocenters. The maximum absolute atomic E-state index is 4.04. The molecular formula is C10H14N4S2. The molecular weight excluding hydrogens is 240 g/mol. The topological polar surface area (TPSA) is 43.6 Å². The number of thioether (sulfide) groups is 1. The summed E-state index contributed by atoms with van der Waals surface area (Å²) in [5.74, 6) is 1.08. The first-order valence-corrected chi connectivity index (χ1v) is 7.18. The van der Waals surface area contributed by atoms with Crippen LogP contribution in [0.4, 0.5) is 0 Å². The number of unbranched alkanes of at least 4 members (excludes halogenated alkanes) is 1. The maximum Gasteiger partial charge on any atom is 0.209 e. The van der Waals surface area contributed by atoms with Crippen molar-refractivity contribution in [3.8, 4) is 0 Å². The van der Waals surface area contributed by atoms with Gasteiger partial charge in [0.25, 0.3) is 0 Å². The molecule has 16 heavy (non-hydrogen) atoms. The van der Waals surface area contributed by atoms with E-state index in [2.05, 4.69) is 33.9 Å². The molecule has 2 rings (SSSR count). The van der Waals surface area contributed by atoms with Crippen LogP contribution in [0.15, 0.2) is 22.7 Å². The summed E-state index contributed by atoms with van der Waals surface area (Å²) in [6.45, 7) is 2.97. The first-order chi connectivity index (χ1) is 7.90. The van der Waals surface area contributed by atoms with Crippen molar-refractivity contribution in [1.82, 2.24) is 20.2 Å². The molecule has 2 heterocycles. The molecule has 2 aromatic heterocycles. The molecule has 2 aromatic rings. The lowest BCUT2D eigenvalue weighted by molar-refractivity contribution is 0.608. The minimum atomic E-state index is 0.777. The highest BCUT2D eigenvalue weighted by atomic mass is 32.2. The fourth-order valence-electron chi connectivity index (χ4n) is 1.26. The van der Waals surface area contributed by atoms with Crippen molar-refractivity contribution < 1.29 is 0 Å².